The van der Waals surface area contributed by atoms with Gasteiger partial charge in [-0.2, -0.15) is 0 Å². The van der Waals surface area contributed by atoms with Crippen molar-refractivity contribution >= 4 is 35.0 Å². The summed E-state index contributed by atoms with van der Waals surface area (Å²) in [4.78, 5) is 31.3. The van der Waals surface area contributed by atoms with Crippen molar-refractivity contribution < 1.29 is 9.53 Å². The van der Waals surface area contributed by atoms with Crippen LogP contribution in [0.25, 0.3) is 0 Å². The van der Waals surface area contributed by atoms with E-state index in [4.69, 9.17) is 16.3 Å². The van der Waals surface area contributed by atoms with Crippen LogP contribution in [0.15, 0.2) is 64.5 Å². The van der Waals surface area contributed by atoms with Gasteiger partial charge in [0, 0.05) is 22.5 Å². The monoisotopic (exact) mass is 429 g/mol. The molecule has 3 rings (SSSR count). The average molecular weight is 430 g/mol. The normalized spacial score (nSPS) is 10.6. The molecule has 0 bridgehead atoms. The average Bonchev–Trinajstić information content (AvgIpc) is 2.68. The van der Waals surface area contributed by atoms with E-state index in [0.29, 0.717) is 33.9 Å². The fraction of sp³-hybridized carbons (Fsp3) is 0.190. The third kappa shape index (κ3) is 6.66. The molecule has 0 aliphatic carbocycles. The van der Waals surface area contributed by atoms with Crippen molar-refractivity contribution in [2.75, 3.05) is 11.9 Å². The molecule has 29 heavy (non-hydrogen) atoms. The number of hydrogen-bond donors (Lipinski definition) is 2. The number of nitrogens with one attached hydrogen (secondary N) is 2. The zero-order valence-electron chi connectivity index (χ0n) is 15.8. The van der Waals surface area contributed by atoms with Gasteiger partial charge in [0.25, 0.3) is 5.56 Å². The highest BCUT2D eigenvalue weighted by Crippen LogP contribution is 2.21. The number of hydrogen-bond acceptors (Lipinski definition) is 5. The Labute approximate surface area is 177 Å². The molecule has 0 spiro atoms. The predicted octanol–water partition coefficient (Wildman–Crippen LogP) is 4.30. The summed E-state index contributed by atoms with van der Waals surface area (Å²) in [7, 11) is 0. The molecule has 8 heteroatoms. The minimum Gasteiger partial charge on any atom is -0.494 e. The molecular formula is C21H20ClN3O3S. The third-order valence-corrected chi connectivity index (χ3v) is 5.01. The van der Waals surface area contributed by atoms with Gasteiger partial charge in [0.05, 0.1) is 18.7 Å². The predicted molar refractivity (Wildman–Crippen MR) is 116 cm³/mol. The maximum atomic E-state index is 12.3. The Morgan fingerprint density at radius 2 is 2.00 bits per heavy atom. The molecule has 0 aliphatic rings. The molecule has 150 valence electrons. The number of aromatic nitrogens is 2. The van der Waals surface area contributed by atoms with E-state index in [1.54, 1.807) is 30.3 Å². The highest BCUT2D eigenvalue weighted by molar-refractivity contribution is 7.98. The lowest BCUT2D eigenvalue weighted by Crippen LogP contribution is -2.18. The maximum absolute atomic E-state index is 12.3. The molecule has 0 aliphatic heterocycles. The molecule has 6 nitrogen and oxygen atoms in total. The van der Waals surface area contributed by atoms with Gasteiger partial charge in [0.1, 0.15) is 5.75 Å². The summed E-state index contributed by atoms with van der Waals surface area (Å²) in [5.74, 6) is 1.09. The number of aromatic amines is 1. The van der Waals surface area contributed by atoms with Crippen LogP contribution in [0, 0.1) is 0 Å². The van der Waals surface area contributed by atoms with Crippen molar-refractivity contribution in [1.29, 1.82) is 0 Å². The van der Waals surface area contributed by atoms with Crippen LogP contribution in [0.2, 0.25) is 5.02 Å². The Hall–Kier alpha value is -2.77. The summed E-state index contributed by atoms with van der Waals surface area (Å²) in [5.41, 5.74) is 1.78. The molecule has 1 heterocycles. The highest BCUT2D eigenvalue weighted by atomic mass is 35.5. The van der Waals surface area contributed by atoms with Crippen molar-refractivity contribution in [3.05, 3.63) is 81.2 Å². The van der Waals surface area contributed by atoms with Gasteiger partial charge in [0.15, 0.2) is 5.16 Å². The van der Waals surface area contributed by atoms with Gasteiger partial charge < -0.3 is 15.0 Å². The molecule has 0 radical (unpaired) electrons. The maximum Gasteiger partial charge on any atom is 0.251 e. The first-order chi connectivity index (χ1) is 14.0. The van der Waals surface area contributed by atoms with E-state index in [0.717, 1.165) is 11.3 Å². The van der Waals surface area contributed by atoms with Crippen LogP contribution in [0.5, 0.6) is 5.75 Å². The Balaban J connectivity index is 1.61. The van der Waals surface area contributed by atoms with Gasteiger partial charge in [-0.25, -0.2) is 4.98 Å². The van der Waals surface area contributed by atoms with Crippen LogP contribution >= 0.6 is 23.4 Å². The van der Waals surface area contributed by atoms with Gasteiger partial charge in [-0.15, -0.1) is 0 Å². The summed E-state index contributed by atoms with van der Waals surface area (Å²) in [6.07, 6.45) is 0.00184. The summed E-state index contributed by atoms with van der Waals surface area (Å²) in [6.45, 7) is 2.49. The molecule has 1 amide bonds. The largest absolute Gasteiger partial charge is 0.494 e. The number of nitrogens with zero attached hydrogens (tertiary/aromatic N) is 1. The highest BCUT2D eigenvalue weighted by Gasteiger charge is 2.09. The molecule has 0 saturated carbocycles. The van der Waals surface area contributed by atoms with Crippen molar-refractivity contribution in [2.24, 2.45) is 0 Å². The van der Waals surface area contributed by atoms with Crippen molar-refractivity contribution in [1.82, 2.24) is 9.97 Å². The summed E-state index contributed by atoms with van der Waals surface area (Å²) in [5, 5.41) is 3.91. The van der Waals surface area contributed by atoms with Crippen molar-refractivity contribution in [3.63, 3.8) is 0 Å². The van der Waals surface area contributed by atoms with Crippen LogP contribution in [0.4, 0.5) is 5.69 Å². The number of benzene rings is 2. The van der Waals surface area contributed by atoms with Crippen molar-refractivity contribution in [3.8, 4) is 5.75 Å². The Bertz CT molecular complexity index is 1040. The Morgan fingerprint density at radius 1 is 1.21 bits per heavy atom. The fourth-order valence-electron chi connectivity index (χ4n) is 2.59. The second kappa shape index (κ2) is 10.1. The first-order valence-electron chi connectivity index (χ1n) is 9.02. The minimum absolute atomic E-state index is 0.00184. The number of anilines is 1. The third-order valence-electron chi connectivity index (χ3n) is 3.83. The van der Waals surface area contributed by atoms with Crippen molar-refractivity contribution in [2.45, 2.75) is 24.3 Å². The molecule has 0 fully saturated rings. The lowest BCUT2D eigenvalue weighted by molar-refractivity contribution is -0.115. The lowest BCUT2D eigenvalue weighted by Gasteiger charge is -2.08. The number of amides is 1. The number of rotatable bonds is 8. The van der Waals surface area contributed by atoms with Gasteiger partial charge in [-0.3, -0.25) is 9.59 Å². The molecule has 0 atom stereocenters. The smallest absolute Gasteiger partial charge is 0.251 e. The Morgan fingerprint density at radius 3 is 2.72 bits per heavy atom. The standard InChI is InChI=1S/C21H20ClN3O3S/c1-2-28-18-8-6-16(7-9-18)23-19(26)11-17-12-20(27)25-21(24-17)29-13-14-4-3-5-15(22)10-14/h3-10,12H,2,11,13H2,1H3,(H,23,26)(H,24,25,27). The van der Waals surface area contributed by atoms with E-state index in [2.05, 4.69) is 15.3 Å². The second-order valence-electron chi connectivity index (χ2n) is 6.14. The van der Waals surface area contributed by atoms with E-state index in [1.807, 2.05) is 25.1 Å². The van der Waals surface area contributed by atoms with E-state index in [1.165, 1.54) is 17.8 Å². The quantitative estimate of drug-likeness (QED) is 0.412. The molecule has 0 unspecified atom stereocenters. The Kier molecular flexibility index (Phi) is 7.32. The van der Waals surface area contributed by atoms with Crippen LogP contribution in [0.3, 0.4) is 0 Å². The van der Waals surface area contributed by atoms with E-state index >= 15 is 0 Å². The molecule has 2 N–H and O–H groups in total. The number of carbonyl (C=O) groups excluding carboxylic acids is 1. The molecule has 0 saturated heterocycles. The van der Waals surface area contributed by atoms with E-state index in [-0.39, 0.29) is 17.9 Å². The van der Waals surface area contributed by atoms with Gasteiger partial charge in [-0.05, 0) is 48.9 Å². The van der Waals surface area contributed by atoms with Crippen LogP contribution in [-0.4, -0.2) is 22.5 Å². The van der Waals surface area contributed by atoms with Gasteiger partial charge >= 0.3 is 0 Å². The first kappa shape index (κ1) is 21.0. The van der Waals surface area contributed by atoms with Gasteiger partial charge in [0.2, 0.25) is 5.91 Å². The topological polar surface area (TPSA) is 84.1 Å². The fourth-order valence-corrected chi connectivity index (χ4v) is 3.64. The lowest BCUT2D eigenvalue weighted by atomic mass is 10.2. The summed E-state index contributed by atoms with van der Waals surface area (Å²) >= 11 is 7.37. The SMILES string of the molecule is CCOc1ccc(NC(=O)Cc2cc(=O)[nH]c(SCc3cccc(Cl)c3)n2)cc1. The molecule has 3 aromatic rings. The van der Waals surface area contributed by atoms with E-state index in [9.17, 15) is 9.59 Å². The van der Waals surface area contributed by atoms with Crippen LogP contribution in [0.1, 0.15) is 18.2 Å². The number of ether oxygens (including phenoxy) is 1. The van der Waals surface area contributed by atoms with Crippen LogP contribution in [-0.2, 0) is 17.0 Å². The summed E-state index contributed by atoms with van der Waals surface area (Å²) < 4.78 is 5.38. The number of halogens is 1. The number of H-pyrrole nitrogens is 1. The zero-order valence-corrected chi connectivity index (χ0v) is 17.3. The van der Waals surface area contributed by atoms with Gasteiger partial charge in [-0.1, -0.05) is 35.5 Å². The second-order valence-corrected chi connectivity index (χ2v) is 7.54. The van der Waals surface area contributed by atoms with E-state index < -0.39 is 0 Å². The summed E-state index contributed by atoms with van der Waals surface area (Å²) in [6, 6.07) is 15.9. The molecule has 1 aromatic heterocycles. The minimum atomic E-state index is -0.294. The van der Waals surface area contributed by atoms with Crippen LogP contribution < -0.4 is 15.6 Å². The first-order valence-corrected chi connectivity index (χ1v) is 10.4. The number of thioether (sulfide) groups is 1. The zero-order chi connectivity index (χ0) is 20.6. The number of carbonyl (C=O) groups is 1. The molecular weight excluding hydrogens is 410 g/mol. The molecule has 2 aromatic carbocycles.